The molecule has 25 heavy (non-hydrogen) atoms. The van der Waals surface area contributed by atoms with E-state index in [2.05, 4.69) is 25.9 Å². The minimum Gasteiger partial charge on any atom is -0.330 e. The molecule has 6 heteroatoms. The largest absolute Gasteiger partial charge is 0.330 e. The van der Waals surface area contributed by atoms with Gasteiger partial charge in [0.25, 0.3) is 0 Å². The van der Waals surface area contributed by atoms with Crippen molar-refractivity contribution in [1.82, 2.24) is 14.9 Å². The van der Waals surface area contributed by atoms with Gasteiger partial charge in [-0.05, 0) is 63.5 Å². The lowest BCUT2D eigenvalue weighted by Gasteiger charge is -2.21. The van der Waals surface area contributed by atoms with E-state index in [1.54, 1.807) is 47.1 Å². The molecule has 0 saturated heterocycles. The van der Waals surface area contributed by atoms with E-state index in [9.17, 15) is 4.79 Å². The molecule has 0 saturated carbocycles. The molecule has 0 unspecified atom stereocenters. The predicted octanol–water partition coefficient (Wildman–Crippen LogP) is 4.54. The molecule has 3 aromatic heterocycles. The van der Waals surface area contributed by atoms with Gasteiger partial charge < -0.3 is 4.90 Å². The zero-order valence-electron chi connectivity index (χ0n) is 13.4. The highest BCUT2D eigenvalue weighted by molar-refractivity contribution is 9.11. The summed E-state index contributed by atoms with van der Waals surface area (Å²) in [7, 11) is 0. The third-order valence-corrected chi connectivity index (χ3v) is 5.10. The topological polar surface area (TPSA) is 46.1 Å². The Balaban J connectivity index is 1.76. The Hall–Kier alpha value is -2.31. The quantitative estimate of drug-likeness (QED) is 0.557. The summed E-state index contributed by atoms with van der Waals surface area (Å²) in [4.78, 5) is 23.7. The molecule has 1 amide bonds. The van der Waals surface area contributed by atoms with Gasteiger partial charge in [0.1, 0.15) is 0 Å². The first-order chi connectivity index (χ1) is 12.2. The molecule has 0 aromatic carbocycles. The normalized spacial score (nSPS) is 10.9. The van der Waals surface area contributed by atoms with Gasteiger partial charge in [0.05, 0.1) is 3.79 Å². The van der Waals surface area contributed by atoms with Crippen molar-refractivity contribution >= 4 is 39.2 Å². The highest BCUT2D eigenvalue weighted by atomic mass is 79.9. The maximum Gasteiger partial charge on any atom is 0.247 e. The van der Waals surface area contributed by atoms with Crippen LogP contribution in [0.4, 0.5) is 0 Å². The number of hydrogen-bond acceptors (Lipinski definition) is 4. The highest BCUT2D eigenvalue weighted by Crippen LogP contribution is 2.23. The first-order valence-corrected chi connectivity index (χ1v) is 9.32. The Morgan fingerprint density at radius 3 is 2.52 bits per heavy atom. The van der Waals surface area contributed by atoms with Crippen LogP contribution in [0.2, 0.25) is 0 Å². The van der Waals surface area contributed by atoms with E-state index in [4.69, 9.17) is 0 Å². The lowest BCUT2D eigenvalue weighted by Crippen LogP contribution is -2.28. The van der Waals surface area contributed by atoms with Gasteiger partial charge in [0.15, 0.2) is 0 Å². The van der Waals surface area contributed by atoms with Crippen LogP contribution in [0.5, 0.6) is 0 Å². The first kappa shape index (κ1) is 17.5. The van der Waals surface area contributed by atoms with E-state index >= 15 is 0 Å². The van der Waals surface area contributed by atoms with Gasteiger partial charge in [-0.25, -0.2) is 0 Å². The minimum atomic E-state index is -0.0369. The predicted molar refractivity (Wildman–Crippen MR) is 104 cm³/mol. The number of aromatic nitrogens is 2. The molecular weight excluding hydrogens is 398 g/mol. The van der Waals surface area contributed by atoms with Crippen molar-refractivity contribution in [2.75, 3.05) is 0 Å². The smallest absolute Gasteiger partial charge is 0.247 e. The van der Waals surface area contributed by atoms with E-state index in [-0.39, 0.29) is 5.91 Å². The molecule has 0 N–H and O–H groups in total. The Labute approximate surface area is 159 Å². The fraction of sp³-hybridized carbons (Fsp3) is 0.105. The van der Waals surface area contributed by atoms with Crippen LogP contribution in [0.1, 0.15) is 16.0 Å². The number of carbonyl (C=O) groups is 1. The summed E-state index contributed by atoms with van der Waals surface area (Å²) in [5, 5.41) is 0. The molecule has 0 aliphatic heterocycles. The van der Waals surface area contributed by atoms with E-state index < -0.39 is 0 Å². The van der Waals surface area contributed by atoms with Gasteiger partial charge in [-0.3, -0.25) is 14.8 Å². The SMILES string of the molecule is O=C(C=Cc1ccc(Br)s1)N(Cc1ccncc1)Cc1cccnc1. The maximum atomic E-state index is 12.7. The molecule has 3 rings (SSSR count). The number of rotatable bonds is 6. The van der Waals surface area contributed by atoms with Crippen LogP contribution in [0.15, 0.2) is 71.0 Å². The third kappa shape index (κ3) is 5.34. The van der Waals surface area contributed by atoms with Crippen LogP contribution < -0.4 is 0 Å². The van der Waals surface area contributed by atoms with Crippen LogP contribution in [0.25, 0.3) is 6.08 Å². The van der Waals surface area contributed by atoms with Crippen molar-refractivity contribution in [3.05, 3.63) is 87.1 Å². The van der Waals surface area contributed by atoms with Crippen LogP contribution in [-0.2, 0) is 17.9 Å². The van der Waals surface area contributed by atoms with Crippen molar-refractivity contribution in [2.45, 2.75) is 13.1 Å². The Morgan fingerprint density at radius 2 is 1.84 bits per heavy atom. The maximum absolute atomic E-state index is 12.7. The highest BCUT2D eigenvalue weighted by Gasteiger charge is 2.12. The van der Waals surface area contributed by atoms with E-state index in [0.29, 0.717) is 13.1 Å². The summed E-state index contributed by atoms with van der Waals surface area (Å²) >= 11 is 5.02. The van der Waals surface area contributed by atoms with Crippen molar-refractivity contribution in [3.63, 3.8) is 0 Å². The summed E-state index contributed by atoms with van der Waals surface area (Å²) < 4.78 is 1.05. The molecule has 4 nitrogen and oxygen atoms in total. The fourth-order valence-corrected chi connectivity index (χ4v) is 3.64. The molecular formula is C19H16BrN3OS. The summed E-state index contributed by atoms with van der Waals surface area (Å²) in [5.74, 6) is -0.0369. The number of hydrogen-bond donors (Lipinski definition) is 0. The second kappa shape index (κ2) is 8.69. The van der Waals surface area contributed by atoms with Gasteiger partial charge in [-0.15, -0.1) is 11.3 Å². The minimum absolute atomic E-state index is 0.0369. The van der Waals surface area contributed by atoms with Gasteiger partial charge in [-0.1, -0.05) is 6.07 Å². The summed E-state index contributed by atoms with van der Waals surface area (Å²) in [5.41, 5.74) is 2.04. The molecule has 0 atom stereocenters. The molecule has 3 aromatic rings. The van der Waals surface area contributed by atoms with Crippen LogP contribution >= 0.6 is 27.3 Å². The number of halogens is 1. The third-order valence-electron chi connectivity index (χ3n) is 3.51. The number of carbonyl (C=O) groups excluding carboxylic acids is 1. The van der Waals surface area contributed by atoms with Crippen LogP contribution in [-0.4, -0.2) is 20.8 Å². The average molecular weight is 414 g/mol. The van der Waals surface area contributed by atoms with Crippen molar-refractivity contribution in [3.8, 4) is 0 Å². The second-order valence-electron chi connectivity index (χ2n) is 5.39. The monoisotopic (exact) mass is 413 g/mol. The Bertz CT molecular complexity index is 808. The van der Waals surface area contributed by atoms with E-state index in [0.717, 1.165) is 19.8 Å². The number of thiophene rings is 1. The Morgan fingerprint density at radius 1 is 1.04 bits per heavy atom. The molecule has 0 aliphatic carbocycles. The van der Waals surface area contributed by atoms with Crippen molar-refractivity contribution in [1.29, 1.82) is 0 Å². The number of nitrogens with zero attached hydrogens (tertiary/aromatic N) is 3. The molecule has 3 heterocycles. The van der Waals surface area contributed by atoms with Gasteiger partial charge in [0.2, 0.25) is 5.91 Å². The molecule has 0 spiro atoms. The lowest BCUT2D eigenvalue weighted by molar-refractivity contribution is -0.127. The zero-order chi connectivity index (χ0) is 17.5. The standard InChI is InChI=1S/C19H16BrN3OS/c20-18-5-3-17(25-18)4-6-19(24)23(13-15-7-10-21-11-8-15)14-16-2-1-9-22-12-16/h1-12H,13-14H2. The average Bonchev–Trinajstić information content (AvgIpc) is 3.06. The van der Waals surface area contributed by atoms with Crippen molar-refractivity contribution < 1.29 is 4.79 Å². The van der Waals surface area contributed by atoms with Crippen LogP contribution in [0.3, 0.4) is 0 Å². The molecule has 126 valence electrons. The summed E-state index contributed by atoms with van der Waals surface area (Å²) in [6.45, 7) is 1.03. The van der Waals surface area contributed by atoms with E-state index in [1.165, 1.54) is 0 Å². The number of pyridine rings is 2. The Kier molecular flexibility index (Phi) is 6.09. The summed E-state index contributed by atoms with van der Waals surface area (Å²) in [6, 6.07) is 11.6. The fourth-order valence-electron chi connectivity index (χ4n) is 2.31. The second-order valence-corrected chi connectivity index (χ2v) is 7.88. The van der Waals surface area contributed by atoms with Crippen molar-refractivity contribution in [2.24, 2.45) is 0 Å². The number of amides is 1. The summed E-state index contributed by atoms with van der Waals surface area (Å²) in [6.07, 6.45) is 10.5. The molecule has 0 aliphatic rings. The molecule has 0 radical (unpaired) electrons. The van der Waals surface area contributed by atoms with Gasteiger partial charge in [-0.2, -0.15) is 0 Å². The lowest BCUT2D eigenvalue weighted by atomic mass is 10.2. The van der Waals surface area contributed by atoms with Gasteiger partial charge in [0, 0.05) is 48.8 Å². The molecule has 0 fully saturated rings. The molecule has 0 bridgehead atoms. The first-order valence-electron chi connectivity index (χ1n) is 7.71. The van der Waals surface area contributed by atoms with Gasteiger partial charge >= 0.3 is 0 Å². The zero-order valence-corrected chi connectivity index (χ0v) is 15.8. The van der Waals surface area contributed by atoms with E-state index in [1.807, 2.05) is 42.5 Å². The van der Waals surface area contributed by atoms with Crippen LogP contribution in [0, 0.1) is 0 Å².